The molecule has 0 spiro atoms. The van der Waals surface area contributed by atoms with E-state index in [-0.39, 0.29) is 0 Å². The topological polar surface area (TPSA) is 43.6 Å². The largest absolute Gasteiger partial charge is 0.304 e. The van der Waals surface area contributed by atoms with E-state index in [1.807, 2.05) is 24.3 Å². The van der Waals surface area contributed by atoms with Crippen LogP contribution in [0.1, 0.15) is 31.9 Å². The van der Waals surface area contributed by atoms with Crippen molar-refractivity contribution in [1.82, 2.24) is 19.5 Å². The van der Waals surface area contributed by atoms with Gasteiger partial charge in [-0.25, -0.2) is 15.0 Å². The van der Waals surface area contributed by atoms with Crippen LogP contribution in [-0.2, 0) is 0 Å². The van der Waals surface area contributed by atoms with Crippen LogP contribution in [0.5, 0.6) is 0 Å². The maximum absolute atomic E-state index is 4.85. The van der Waals surface area contributed by atoms with Gasteiger partial charge in [-0.15, -0.1) is 0 Å². The van der Waals surface area contributed by atoms with E-state index in [1.54, 1.807) is 0 Å². The van der Waals surface area contributed by atoms with E-state index in [1.165, 1.54) is 5.56 Å². The van der Waals surface area contributed by atoms with E-state index < -0.39 is 0 Å². The number of aromatic nitrogens is 4. The molecule has 120 valence electrons. The Morgan fingerprint density at radius 1 is 0.917 bits per heavy atom. The van der Waals surface area contributed by atoms with Crippen LogP contribution >= 0.6 is 0 Å². The first-order chi connectivity index (χ1) is 11.7. The summed E-state index contributed by atoms with van der Waals surface area (Å²) < 4.78 is 2.22. The zero-order valence-electron chi connectivity index (χ0n) is 14.2. The van der Waals surface area contributed by atoms with Crippen LogP contribution in [0.15, 0.2) is 48.5 Å². The summed E-state index contributed by atoms with van der Waals surface area (Å²) in [6.07, 6.45) is 1.01. The minimum Gasteiger partial charge on any atom is -0.304 e. The van der Waals surface area contributed by atoms with Crippen molar-refractivity contribution in [3.05, 3.63) is 54.1 Å². The molecular weight excluding hydrogens is 296 g/mol. The molecule has 2 aromatic heterocycles. The van der Waals surface area contributed by atoms with Crippen molar-refractivity contribution in [2.45, 2.75) is 33.2 Å². The molecule has 0 radical (unpaired) electrons. The predicted octanol–water partition coefficient (Wildman–Crippen LogP) is 4.93. The highest BCUT2D eigenvalue weighted by atomic mass is 15.2. The maximum atomic E-state index is 4.85. The highest BCUT2D eigenvalue weighted by molar-refractivity contribution is 5.85. The van der Waals surface area contributed by atoms with Gasteiger partial charge in [0.05, 0.1) is 11.0 Å². The van der Waals surface area contributed by atoms with Crippen LogP contribution in [0.4, 0.5) is 0 Å². The molecule has 24 heavy (non-hydrogen) atoms. The summed E-state index contributed by atoms with van der Waals surface area (Å²) in [7, 11) is 0. The summed E-state index contributed by atoms with van der Waals surface area (Å²) in [4.78, 5) is 14.4. The summed E-state index contributed by atoms with van der Waals surface area (Å²) in [5, 5.41) is 0. The quantitative estimate of drug-likeness (QED) is 0.538. The van der Waals surface area contributed by atoms with E-state index in [0.29, 0.717) is 11.7 Å². The molecule has 0 fully saturated rings. The fraction of sp³-hybridized carbons (Fsp3) is 0.250. The van der Waals surface area contributed by atoms with Gasteiger partial charge < -0.3 is 4.57 Å². The molecular formula is C20H20N4. The Bertz CT molecular complexity index is 1020. The third kappa shape index (κ3) is 2.35. The number of fused-ring (bicyclic) bond motifs is 2. The van der Waals surface area contributed by atoms with Gasteiger partial charge in [0, 0.05) is 11.6 Å². The minimum absolute atomic E-state index is 0.307. The third-order valence-electron chi connectivity index (χ3n) is 4.54. The third-order valence-corrected chi connectivity index (χ3v) is 4.54. The van der Waals surface area contributed by atoms with Crippen molar-refractivity contribution in [2.75, 3.05) is 0 Å². The van der Waals surface area contributed by atoms with Gasteiger partial charge in [-0.2, -0.15) is 0 Å². The highest BCUT2D eigenvalue weighted by Crippen LogP contribution is 2.29. The van der Waals surface area contributed by atoms with Crippen molar-refractivity contribution in [3.63, 3.8) is 0 Å². The van der Waals surface area contributed by atoms with Gasteiger partial charge in [0.25, 0.3) is 0 Å². The fourth-order valence-corrected chi connectivity index (χ4v) is 2.98. The van der Waals surface area contributed by atoms with Crippen molar-refractivity contribution in [1.29, 1.82) is 0 Å². The Kier molecular flexibility index (Phi) is 3.53. The van der Waals surface area contributed by atoms with Crippen LogP contribution in [0.3, 0.4) is 0 Å². The molecule has 2 aromatic carbocycles. The normalized spacial score (nSPS) is 12.8. The van der Waals surface area contributed by atoms with Gasteiger partial charge >= 0.3 is 0 Å². The second-order valence-electron chi connectivity index (χ2n) is 6.29. The molecule has 4 nitrogen and oxygen atoms in total. The summed E-state index contributed by atoms with van der Waals surface area (Å²) in [6.45, 7) is 6.48. The van der Waals surface area contributed by atoms with Crippen molar-refractivity contribution in [3.8, 4) is 11.4 Å². The lowest BCUT2D eigenvalue weighted by molar-refractivity contribution is 0.547. The van der Waals surface area contributed by atoms with Gasteiger partial charge in [0.1, 0.15) is 5.82 Å². The minimum atomic E-state index is 0.307. The Hall–Kier alpha value is -2.75. The molecule has 4 heteroatoms. The van der Waals surface area contributed by atoms with E-state index in [4.69, 9.17) is 15.0 Å². The highest BCUT2D eigenvalue weighted by Gasteiger charge is 2.19. The Labute approximate surface area is 141 Å². The summed E-state index contributed by atoms with van der Waals surface area (Å²) in [5.41, 5.74) is 5.71. The second-order valence-corrected chi connectivity index (χ2v) is 6.29. The smallest absolute Gasteiger partial charge is 0.198 e. The zero-order chi connectivity index (χ0) is 16.7. The monoisotopic (exact) mass is 316 g/mol. The molecule has 1 atom stereocenters. The van der Waals surface area contributed by atoms with Gasteiger partial charge in [0.2, 0.25) is 0 Å². The van der Waals surface area contributed by atoms with Crippen LogP contribution in [0.25, 0.3) is 33.7 Å². The van der Waals surface area contributed by atoms with Crippen molar-refractivity contribution >= 4 is 22.3 Å². The number of hydrogen-bond acceptors (Lipinski definition) is 3. The number of nitrogens with zero attached hydrogens (tertiary/aromatic N) is 4. The molecule has 0 aliphatic heterocycles. The molecule has 4 aromatic rings. The second kappa shape index (κ2) is 5.71. The predicted molar refractivity (Wildman–Crippen MR) is 98.0 cm³/mol. The standard InChI is InChI=1S/C20H20N4/c1-4-14(3)24-19(15-11-9-13(2)10-12-15)23-18-20(24)22-17-8-6-5-7-16(17)21-18/h5-12,14H,4H2,1-3H3/t14-/m0/s1. The molecule has 0 amide bonds. The SMILES string of the molecule is CC[C@H](C)n1c(-c2ccc(C)cc2)nc2nc3ccccc3nc21. The van der Waals surface area contributed by atoms with Gasteiger partial charge in [0.15, 0.2) is 11.3 Å². The van der Waals surface area contributed by atoms with Gasteiger partial charge in [-0.3, -0.25) is 0 Å². The average molecular weight is 316 g/mol. The molecule has 0 saturated heterocycles. The number of rotatable bonds is 3. The van der Waals surface area contributed by atoms with Crippen LogP contribution in [0.2, 0.25) is 0 Å². The molecule has 0 bridgehead atoms. The Morgan fingerprint density at radius 2 is 1.58 bits per heavy atom. The lowest BCUT2D eigenvalue weighted by Gasteiger charge is -2.15. The van der Waals surface area contributed by atoms with Gasteiger partial charge in [-0.05, 0) is 32.4 Å². The summed E-state index contributed by atoms with van der Waals surface area (Å²) in [6, 6.07) is 16.7. The lowest BCUT2D eigenvalue weighted by Crippen LogP contribution is -2.07. The van der Waals surface area contributed by atoms with E-state index in [2.05, 4.69) is 49.6 Å². The van der Waals surface area contributed by atoms with E-state index >= 15 is 0 Å². The molecule has 0 aliphatic carbocycles. The van der Waals surface area contributed by atoms with Crippen molar-refractivity contribution < 1.29 is 0 Å². The number of aryl methyl sites for hydroxylation is 1. The lowest BCUT2D eigenvalue weighted by atomic mass is 10.1. The molecule has 2 heterocycles. The van der Waals surface area contributed by atoms with Crippen molar-refractivity contribution in [2.24, 2.45) is 0 Å². The molecule has 0 aliphatic rings. The summed E-state index contributed by atoms with van der Waals surface area (Å²) >= 11 is 0. The molecule has 4 rings (SSSR count). The number of imidazole rings is 1. The van der Waals surface area contributed by atoms with Crippen LogP contribution in [-0.4, -0.2) is 19.5 Å². The first-order valence-corrected chi connectivity index (χ1v) is 8.39. The first kappa shape index (κ1) is 14.8. The van der Waals surface area contributed by atoms with Crippen LogP contribution in [0, 0.1) is 6.92 Å². The number of benzene rings is 2. The average Bonchev–Trinajstić information content (AvgIpc) is 2.98. The van der Waals surface area contributed by atoms with Crippen LogP contribution < -0.4 is 0 Å². The molecule has 0 saturated carbocycles. The molecule has 0 N–H and O–H groups in total. The number of hydrogen-bond donors (Lipinski definition) is 0. The zero-order valence-corrected chi connectivity index (χ0v) is 14.2. The Morgan fingerprint density at radius 3 is 2.25 bits per heavy atom. The van der Waals surface area contributed by atoms with E-state index in [9.17, 15) is 0 Å². The van der Waals surface area contributed by atoms with Gasteiger partial charge in [-0.1, -0.05) is 48.9 Å². The first-order valence-electron chi connectivity index (χ1n) is 8.39. The summed E-state index contributed by atoms with van der Waals surface area (Å²) in [5.74, 6) is 0.939. The van der Waals surface area contributed by atoms with E-state index in [0.717, 1.165) is 34.5 Å². The maximum Gasteiger partial charge on any atom is 0.198 e. The fourth-order valence-electron chi connectivity index (χ4n) is 2.98. The number of para-hydroxylation sites is 2. The molecule has 0 unspecified atom stereocenters. The Balaban J connectivity index is 2.04.